The molecular formula is C34H57N6O6S2+. The number of nitrogens with one attached hydrogen (secondary N) is 3. The molecule has 2 fully saturated rings. The van der Waals surface area contributed by atoms with E-state index in [0.29, 0.717) is 32.5 Å². The number of nitrogens with two attached hydrogens (primary N) is 2. The Kier molecular flexibility index (Phi) is 15.0. The Morgan fingerprint density at radius 1 is 1.08 bits per heavy atom. The molecule has 1 saturated carbocycles. The van der Waals surface area contributed by atoms with Gasteiger partial charge in [0.15, 0.2) is 0 Å². The molecule has 0 radical (unpaired) electrons. The third-order valence-corrected chi connectivity index (χ3v) is 11.8. The first kappa shape index (κ1) is 39.6. The lowest BCUT2D eigenvalue weighted by Gasteiger charge is -2.36. The van der Waals surface area contributed by atoms with Crippen molar-refractivity contribution < 1.29 is 33.5 Å². The Hall–Kier alpha value is -2.84. The van der Waals surface area contributed by atoms with Gasteiger partial charge >= 0.3 is 6.03 Å². The minimum Gasteiger partial charge on any atom is -0.363 e. The summed E-state index contributed by atoms with van der Waals surface area (Å²) < 4.78 is 12.1. The third kappa shape index (κ3) is 10.8. The van der Waals surface area contributed by atoms with E-state index in [1.807, 2.05) is 25.3 Å². The molecule has 1 aliphatic carbocycles. The van der Waals surface area contributed by atoms with Gasteiger partial charge in [-0.1, -0.05) is 66.7 Å². The van der Waals surface area contributed by atoms with Crippen molar-refractivity contribution in [1.29, 1.82) is 0 Å². The highest BCUT2D eigenvalue weighted by atomic mass is 32.2. The fourth-order valence-electron chi connectivity index (χ4n) is 6.81. The normalized spacial score (nSPS) is 21.2. The number of primary amides is 1. The predicted molar refractivity (Wildman–Crippen MR) is 187 cm³/mol. The second-order valence-corrected chi connectivity index (χ2v) is 16.8. The molecule has 0 spiro atoms. The van der Waals surface area contributed by atoms with Crippen LogP contribution >= 0.6 is 11.3 Å². The van der Waals surface area contributed by atoms with Crippen LogP contribution in [0.4, 0.5) is 4.79 Å². The van der Waals surface area contributed by atoms with Crippen LogP contribution in [0.1, 0.15) is 97.3 Å². The topological polar surface area (TPSA) is 184 Å². The van der Waals surface area contributed by atoms with Crippen molar-refractivity contribution in [3.05, 3.63) is 16.3 Å². The van der Waals surface area contributed by atoms with Gasteiger partial charge in [0.2, 0.25) is 17.6 Å². The standard InChI is InChI=1S/C34H56N6O6S2/c1-7-8-14-23(29(41)30(35)42)37-31(43)28-21(2)15-17-40(28)32(44)27(22-12-10-9-11-13-22)39-33(45)38-26(34(3,4)5)20-36-19-24-25(48(6)46)16-18-47-24/h16,18,21-23,26-28,36H,7-15,17,19-20H2,1-6H3,(H2,35,42)(H,37,43)(H2,38,39,45)/p+1/t21?,23?,26-,27+,28+,48?/m1/s1. The summed E-state index contributed by atoms with van der Waals surface area (Å²) in [5, 5.41) is 12.9. The summed E-state index contributed by atoms with van der Waals surface area (Å²) in [6.45, 7) is 11.6. The van der Waals surface area contributed by atoms with Crippen molar-refractivity contribution in [2.75, 3.05) is 19.3 Å². The minimum absolute atomic E-state index is 0.0721. The number of unbranched alkanes of at least 4 members (excludes halogenated alkanes) is 1. The number of likely N-dealkylation sites (tertiary alicyclic amines) is 1. The number of hydrogen-bond acceptors (Lipinski definition) is 7. The fourth-order valence-corrected chi connectivity index (χ4v) is 8.83. The second kappa shape index (κ2) is 18.2. The lowest BCUT2D eigenvalue weighted by atomic mass is 9.83. The summed E-state index contributed by atoms with van der Waals surface area (Å²) in [6, 6.07) is -1.47. The number of rotatable bonds is 16. The molecule has 14 heteroatoms. The van der Waals surface area contributed by atoms with E-state index in [1.54, 1.807) is 22.5 Å². The zero-order valence-corrected chi connectivity index (χ0v) is 31.1. The van der Waals surface area contributed by atoms with Crippen LogP contribution in [-0.2, 0) is 36.5 Å². The van der Waals surface area contributed by atoms with Crippen molar-refractivity contribution in [2.24, 2.45) is 23.0 Å². The number of Topliss-reactive ketones (excluding diaryl/α,β-unsaturated/α-hetero) is 1. The van der Waals surface area contributed by atoms with Crippen LogP contribution in [0.2, 0.25) is 0 Å². The van der Waals surface area contributed by atoms with Crippen molar-refractivity contribution in [2.45, 2.75) is 128 Å². The van der Waals surface area contributed by atoms with Crippen LogP contribution in [0.15, 0.2) is 16.3 Å². The van der Waals surface area contributed by atoms with Crippen molar-refractivity contribution >= 4 is 51.7 Å². The van der Waals surface area contributed by atoms with Crippen LogP contribution in [0.5, 0.6) is 0 Å². The van der Waals surface area contributed by atoms with Gasteiger partial charge in [0.1, 0.15) is 18.6 Å². The molecule has 1 saturated heterocycles. The van der Waals surface area contributed by atoms with Crippen molar-refractivity contribution in [3.63, 3.8) is 0 Å². The van der Waals surface area contributed by atoms with Gasteiger partial charge in [-0.05, 0) is 54.4 Å². The van der Waals surface area contributed by atoms with Gasteiger partial charge in [-0.3, -0.25) is 23.4 Å². The zero-order valence-electron chi connectivity index (χ0n) is 29.5. The number of thiophene rings is 1. The van der Waals surface area contributed by atoms with E-state index in [1.165, 1.54) is 0 Å². The van der Waals surface area contributed by atoms with E-state index in [4.69, 9.17) is 5.73 Å². The monoisotopic (exact) mass is 709 g/mol. The number of quaternary nitrogens is 1. The largest absolute Gasteiger partial charge is 0.363 e. The summed E-state index contributed by atoms with van der Waals surface area (Å²) in [6.07, 6.45) is 8.51. The first-order valence-electron chi connectivity index (χ1n) is 17.4. The van der Waals surface area contributed by atoms with Gasteiger partial charge in [-0.15, -0.1) is 11.3 Å². The van der Waals surface area contributed by atoms with Crippen LogP contribution < -0.4 is 27.0 Å². The average Bonchev–Trinajstić information content (AvgIpc) is 3.67. The highest BCUT2D eigenvalue weighted by molar-refractivity contribution is 7.84. The number of ketones is 1. The summed E-state index contributed by atoms with van der Waals surface area (Å²) in [5.74, 6) is -2.99. The Bertz CT molecular complexity index is 1310. The quantitative estimate of drug-likeness (QED) is 0.164. The zero-order chi connectivity index (χ0) is 35.6. The highest BCUT2D eigenvalue weighted by Crippen LogP contribution is 2.31. The molecule has 1 aromatic heterocycles. The maximum absolute atomic E-state index is 14.3. The summed E-state index contributed by atoms with van der Waals surface area (Å²) in [7, 11) is -1.07. The van der Waals surface area contributed by atoms with Crippen molar-refractivity contribution in [3.8, 4) is 0 Å². The smallest absolute Gasteiger partial charge is 0.315 e. The number of carbonyl (C=O) groups is 5. The number of hydrogen-bond donors (Lipinski definition) is 5. The van der Waals surface area contributed by atoms with Gasteiger partial charge < -0.3 is 31.9 Å². The first-order chi connectivity index (χ1) is 22.6. The lowest BCUT2D eigenvalue weighted by molar-refractivity contribution is -0.673. The molecule has 1 aromatic rings. The van der Waals surface area contributed by atoms with E-state index in [2.05, 4.69) is 42.0 Å². The van der Waals surface area contributed by atoms with Gasteiger partial charge in [0.05, 0.1) is 39.2 Å². The van der Waals surface area contributed by atoms with Crippen molar-refractivity contribution in [1.82, 2.24) is 20.9 Å². The van der Waals surface area contributed by atoms with Crippen LogP contribution in [0.3, 0.4) is 0 Å². The molecule has 3 unspecified atom stereocenters. The summed E-state index contributed by atoms with van der Waals surface area (Å²) >= 11 is 1.57. The molecule has 270 valence electrons. The van der Waals surface area contributed by atoms with E-state index in [-0.39, 0.29) is 35.6 Å². The number of amides is 5. The SMILES string of the molecule is CCCCC(NC(=O)[C@@H]1C(C)CCN1C(=O)[C@@H](NC(=O)N[C@H](C[NH2+]Cc1sccc1S(C)=O)C(C)(C)C)C1CCCCC1)C(=O)C(N)=O. The highest BCUT2D eigenvalue weighted by Gasteiger charge is 2.45. The Morgan fingerprint density at radius 3 is 2.38 bits per heavy atom. The van der Waals surface area contributed by atoms with Crippen LogP contribution in [0, 0.1) is 17.3 Å². The molecule has 6 atom stereocenters. The lowest BCUT2D eigenvalue weighted by Crippen LogP contribution is -2.86. The Morgan fingerprint density at radius 2 is 1.77 bits per heavy atom. The second-order valence-electron chi connectivity index (χ2n) is 14.5. The third-order valence-electron chi connectivity index (χ3n) is 9.74. The molecule has 2 aliphatic rings. The van der Waals surface area contributed by atoms with E-state index in [0.717, 1.165) is 48.3 Å². The molecule has 7 N–H and O–H groups in total. The molecule has 12 nitrogen and oxygen atoms in total. The molecule has 5 amide bonds. The molecule has 48 heavy (non-hydrogen) atoms. The number of nitrogens with zero attached hydrogens (tertiary/aromatic N) is 1. The minimum atomic E-state index is -1.10. The molecular weight excluding hydrogens is 653 g/mol. The average molecular weight is 710 g/mol. The predicted octanol–water partition coefficient (Wildman–Crippen LogP) is 2.18. The van der Waals surface area contributed by atoms with E-state index >= 15 is 0 Å². The summed E-state index contributed by atoms with van der Waals surface area (Å²) in [5.41, 5.74) is 4.99. The maximum Gasteiger partial charge on any atom is 0.315 e. The molecule has 0 aromatic carbocycles. The van der Waals surface area contributed by atoms with Gasteiger partial charge in [-0.2, -0.15) is 0 Å². The Balaban J connectivity index is 1.76. The van der Waals surface area contributed by atoms with E-state index < -0.39 is 52.6 Å². The van der Waals surface area contributed by atoms with E-state index in [9.17, 15) is 28.2 Å². The molecule has 3 rings (SSSR count). The van der Waals surface area contributed by atoms with Gasteiger partial charge in [0, 0.05) is 12.8 Å². The molecule has 2 heterocycles. The fraction of sp³-hybridized carbons (Fsp3) is 0.735. The number of carbonyl (C=O) groups excluding carboxylic acids is 5. The number of urea groups is 1. The molecule has 1 aliphatic heterocycles. The summed E-state index contributed by atoms with van der Waals surface area (Å²) in [4.78, 5) is 69.3. The Labute approximate surface area is 291 Å². The van der Waals surface area contributed by atoms with Gasteiger partial charge in [0.25, 0.3) is 5.91 Å². The first-order valence-corrected chi connectivity index (χ1v) is 19.8. The maximum atomic E-state index is 14.3. The van der Waals surface area contributed by atoms with Crippen LogP contribution in [0.25, 0.3) is 0 Å². The molecule has 0 bridgehead atoms. The van der Waals surface area contributed by atoms with Gasteiger partial charge in [-0.25, -0.2) is 4.79 Å². The van der Waals surface area contributed by atoms with Crippen LogP contribution in [-0.4, -0.2) is 82.2 Å².